The number of hydrogen-bond donors (Lipinski definition) is 0. The molecule has 0 aliphatic heterocycles. The maximum Gasteiger partial charge on any atom is 0.129 e. The summed E-state index contributed by atoms with van der Waals surface area (Å²) in [5, 5.41) is 0. The van der Waals surface area contributed by atoms with Crippen molar-refractivity contribution in [3.05, 3.63) is 47.5 Å². The average molecular weight is 208 g/mol. The van der Waals surface area contributed by atoms with Crippen LogP contribution in [0.4, 0.5) is 8.78 Å². The molecule has 1 aromatic carbocycles. The predicted molar refractivity (Wildman–Crippen MR) is 56.7 cm³/mol. The first-order valence-corrected chi connectivity index (χ1v) is 5.29. The molecule has 1 aliphatic carbocycles. The molecule has 0 unspecified atom stereocenters. The Morgan fingerprint density at radius 3 is 2.13 bits per heavy atom. The van der Waals surface area contributed by atoms with Gasteiger partial charge in [-0.2, -0.15) is 0 Å². The minimum absolute atomic E-state index is 0.0247. The van der Waals surface area contributed by atoms with Crippen LogP contribution in [-0.4, -0.2) is 0 Å². The topological polar surface area (TPSA) is 0 Å². The Bertz CT molecular complexity index is 352. The summed E-state index contributed by atoms with van der Waals surface area (Å²) in [5.41, 5.74) is 1.47. The molecule has 0 spiro atoms. The highest BCUT2D eigenvalue weighted by molar-refractivity contribution is 5.25. The van der Waals surface area contributed by atoms with Gasteiger partial charge in [-0.25, -0.2) is 8.78 Å². The number of benzene rings is 1. The van der Waals surface area contributed by atoms with Crippen molar-refractivity contribution in [2.75, 3.05) is 0 Å². The Balaban J connectivity index is 2.26. The van der Waals surface area contributed by atoms with Crippen LogP contribution in [0.2, 0.25) is 0 Å². The third-order valence-electron chi connectivity index (χ3n) is 3.10. The molecule has 2 heteroatoms. The molecule has 0 N–H and O–H groups in total. The fourth-order valence-electron chi connectivity index (χ4n) is 2.22. The van der Waals surface area contributed by atoms with Crippen molar-refractivity contribution in [1.82, 2.24) is 0 Å². The van der Waals surface area contributed by atoms with Crippen LogP contribution in [0.25, 0.3) is 0 Å². The molecule has 0 heterocycles. The van der Waals surface area contributed by atoms with Crippen LogP contribution in [-0.2, 0) is 0 Å². The van der Waals surface area contributed by atoms with Crippen molar-refractivity contribution >= 4 is 0 Å². The quantitative estimate of drug-likeness (QED) is 0.607. The van der Waals surface area contributed by atoms with E-state index < -0.39 is 11.6 Å². The monoisotopic (exact) mass is 208 g/mol. The van der Waals surface area contributed by atoms with Gasteiger partial charge in [0.1, 0.15) is 11.6 Å². The van der Waals surface area contributed by atoms with Gasteiger partial charge in [0.25, 0.3) is 0 Å². The zero-order valence-corrected chi connectivity index (χ0v) is 8.60. The van der Waals surface area contributed by atoms with Crippen molar-refractivity contribution < 1.29 is 8.78 Å². The Hall–Kier alpha value is -1.18. The molecule has 0 bridgehead atoms. The summed E-state index contributed by atoms with van der Waals surface area (Å²) in [5.74, 6) is -0.795. The fourth-order valence-corrected chi connectivity index (χ4v) is 2.22. The second-order valence-corrected chi connectivity index (χ2v) is 4.16. The SMILES string of the molecule is C=C1CCC(c2c(F)cccc2F)CC1. The molecular formula is C13H14F2. The van der Waals surface area contributed by atoms with E-state index in [9.17, 15) is 8.78 Å². The maximum absolute atomic E-state index is 13.5. The molecule has 0 radical (unpaired) electrons. The van der Waals surface area contributed by atoms with Gasteiger partial charge in [-0.3, -0.25) is 0 Å². The first-order valence-electron chi connectivity index (χ1n) is 5.29. The second-order valence-electron chi connectivity index (χ2n) is 4.16. The Morgan fingerprint density at radius 1 is 1.07 bits per heavy atom. The highest BCUT2D eigenvalue weighted by Crippen LogP contribution is 2.36. The van der Waals surface area contributed by atoms with Crippen molar-refractivity contribution in [3.8, 4) is 0 Å². The van der Waals surface area contributed by atoms with Crippen molar-refractivity contribution in [1.29, 1.82) is 0 Å². The van der Waals surface area contributed by atoms with Gasteiger partial charge in [-0.1, -0.05) is 18.2 Å². The number of hydrogen-bond acceptors (Lipinski definition) is 0. The molecular weight excluding hydrogens is 194 g/mol. The molecule has 1 aromatic rings. The lowest BCUT2D eigenvalue weighted by Crippen LogP contribution is -2.09. The minimum Gasteiger partial charge on any atom is -0.207 e. The Morgan fingerprint density at radius 2 is 1.60 bits per heavy atom. The normalized spacial score (nSPS) is 18.1. The van der Waals surface area contributed by atoms with Gasteiger partial charge in [0.15, 0.2) is 0 Å². The van der Waals surface area contributed by atoms with Gasteiger partial charge in [-0.05, 0) is 43.7 Å². The predicted octanol–water partition coefficient (Wildman–Crippen LogP) is 4.18. The van der Waals surface area contributed by atoms with Crippen LogP contribution in [0.1, 0.15) is 37.2 Å². The molecule has 1 fully saturated rings. The Labute approximate surface area is 88.6 Å². The molecule has 80 valence electrons. The lowest BCUT2D eigenvalue weighted by molar-refractivity contribution is 0.460. The minimum atomic E-state index is -0.410. The van der Waals surface area contributed by atoms with Crippen LogP contribution in [0.5, 0.6) is 0 Å². The van der Waals surface area contributed by atoms with E-state index >= 15 is 0 Å². The first-order chi connectivity index (χ1) is 7.18. The summed E-state index contributed by atoms with van der Waals surface area (Å²) < 4.78 is 26.9. The van der Waals surface area contributed by atoms with Crippen LogP contribution in [0.3, 0.4) is 0 Å². The summed E-state index contributed by atoms with van der Waals surface area (Å²) in [6.45, 7) is 3.90. The summed E-state index contributed by atoms with van der Waals surface area (Å²) in [6, 6.07) is 4.08. The average Bonchev–Trinajstić information content (AvgIpc) is 2.20. The van der Waals surface area contributed by atoms with Crippen molar-refractivity contribution in [3.63, 3.8) is 0 Å². The van der Waals surface area contributed by atoms with E-state index in [1.54, 1.807) is 0 Å². The molecule has 0 aromatic heterocycles. The van der Waals surface area contributed by atoms with E-state index in [0.29, 0.717) is 0 Å². The third-order valence-corrected chi connectivity index (χ3v) is 3.10. The van der Waals surface area contributed by atoms with Gasteiger partial charge < -0.3 is 0 Å². The number of halogens is 2. The van der Waals surface area contributed by atoms with Gasteiger partial charge in [0.05, 0.1) is 0 Å². The highest BCUT2D eigenvalue weighted by atomic mass is 19.1. The molecule has 0 saturated heterocycles. The van der Waals surface area contributed by atoms with Gasteiger partial charge in [-0.15, -0.1) is 0 Å². The first kappa shape index (κ1) is 10.3. The summed E-state index contributed by atoms with van der Waals surface area (Å²) in [4.78, 5) is 0. The summed E-state index contributed by atoms with van der Waals surface area (Å²) >= 11 is 0. The van der Waals surface area contributed by atoms with E-state index in [4.69, 9.17) is 0 Å². The van der Waals surface area contributed by atoms with Crippen LogP contribution >= 0.6 is 0 Å². The van der Waals surface area contributed by atoms with Gasteiger partial charge in [0, 0.05) is 5.56 Å². The Kier molecular flexibility index (Phi) is 2.85. The second kappa shape index (κ2) is 4.13. The lowest BCUT2D eigenvalue weighted by atomic mass is 9.82. The summed E-state index contributed by atoms with van der Waals surface area (Å²) in [6.07, 6.45) is 3.41. The lowest BCUT2D eigenvalue weighted by Gasteiger charge is -2.24. The fraction of sp³-hybridized carbons (Fsp3) is 0.385. The third kappa shape index (κ3) is 2.09. The molecule has 0 atom stereocenters. The summed E-state index contributed by atoms with van der Waals surface area (Å²) in [7, 11) is 0. The largest absolute Gasteiger partial charge is 0.207 e. The zero-order chi connectivity index (χ0) is 10.8. The van der Waals surface area contributed by atoms with E-state index in [2.05, 4.69) is 6.58 Å². The van der Waals surface area contributed by atoms with Crippen molar-refractivity contribution in [2.45, 2.75) is 31.6 Å². The maximum atomic E-state index is 13.5. The van der Waals surface area contributed by atoms with Crippen LogP contribution < -0.4 is 0 Å². The smallest absolute Gasteiger partial charge is 0.129 e. The molecule has 1 aliphatic rings. The molecule has 0 amide bonds. The van der Waals surface area contributed by atoms with E-state index in [1.165, 1.54) is 23.8 Å². The van der Waals surface area contributed by atoms with Crippen molar-refractivity contribution in [2.24, 2.45) is 0 Å². The standard InChI is InChI=1S/C13H14F2/c1-9-5-7-10(8-6-9)13-11(14)3-2-4-12(13)15/h2-4,10H,1,5-8H2. The molecule has 2 rings (SSSR count). The molecule has 1 saturated carbocycles. The molecule has 15 heavy (non-hydrogen) atoms. The highest BCUT2D eigenvalue weighted by Gasteiger charge is 2.23. The van der Waals surface area contributed by atoms with E-state index in [1.807, 2.05) is 0 Å². The zero-order valence-electron chi connectivity index (χ0n) is 8.60. The molecule has 0 nitrogen and oxygen atoms in total. The van der Waals surface area contributed by atoms with Crippen LogP contribution in [0, 0.1) is 11.6 Å². The van der Waals surface area contributed by atoms with E-state index in [0.717, 1.165) is 25.7 Å². The van der Waals surface area contributed by atoms with Crippen LogP contribution in [0.15, 0.2) is 30.4 Å². The van der Waals surface area contributed by atoms with E-state index in [-0.39, 0.29) is 11.5 Å². The van der Waals surface area contributed by atoms with Gasteiger partial charge >= 0.3 is 0 Å². The number of allylic oxidation sites excluding steroid dienone is 1. The number of rotatable bonds is 1. The van der Waals surface area contributed by atoms with Gasteiger partial charge in [0.2, 0.25) is 0 Å².